The fraction of sp³-hybridized carbons (Fsp3) is 0.714. The number of unbranched alkanes of at least 4 members (excludes halogenated alkanes) is 2. The second-order valence-electron chi connectivity index (χ2n) is 4.86. The summed E-state index contributed by atoms with van der Waals surface area (Å²) in [5.41, 5.74) is 0. The van der Waals surface area contributed by atoms with Gasteiger partial charge in [0.05, 0.1) is 0 Å². The van der Waals surface area contributed by atoms with Crippen LogP contribution in [-0.2, 0) is 16.6 Å². The summed E-state index contributed by atoms with van der Waals surface area (Å²) in [5.74, 6) is 0. The van der Waals surface area contributed by atoms with Gasteiger partial charge in [-0.2, -0.15) is 4.31 Å². The lowest BCUT2D eigenvalue weighted by Gasteiger charge is -2.20. The highest BCUT2D eigenvalue weighted by Gasteiger charge is 2.25. The van der Waals surface area contributed by atoms with Gasteiger partial charge in [0.2, 0.25) is 0 Å². The molecule has 6 heteroatoms. The average molecular weight is 319 g/mol. The molecule has 1 heterocycles. The normalized spacial score (nSPS) is 12.2. The minimum absolute atomic E-state index is 0.468. The van der Waals surface area contributed by atoms with Crippen molar-refractivity contribution in [3.8, 4) is 0 Å². The van der Waals surface area contributed by atoms with Crippen LogP contribution in [0.15, 0.2) is 16.3 Å². The van der Waals surface area contributed by atoms with Crippen molar-refractivity contribution >= 4 is 21.4 Å². The van der Waals surface area contributed by atoms with E-state index in [1.807, 2.05) is 13.1 Å². The SMILES string of the molecule is CCCCN(CCCC)S(=O)(=O)c1ccc(CNC)s1. The van der Waals surface area contributed by atoms with Crippen LogP contribution in [0.4, 0.5) is 0 Å². The summed E-state index contributed by atoms with van der Waals surface area (Å²) >= 11 is 1.37. The van der Waals surface area contributed by atoms with Crippen molar-refractivity contribution in [1.82, 2.24) is 9.62 Å². The van der Waals surface area contributed by atoms with Crippen LogP contribution < -0.4 is 5.32 Å². The summed E-state index contributed by atoms with van der Waals surface area (Å²) in [5, 5.41) is 3.05. The quantitative estimate of drug-likeness (QED) is 0.721. The molecule has 0 radical (unpaired) electrons. The topological polar surface area (TPSA) is 49.4 Å². The van der Waals surface area contributed by atoms with E-state index in [2.05, 4.69) is 19.2 Å². The van der Waals surface area contributed by atoms with E-state index in [1.54, 1.807) is 10.4 Å². The van der Waals surface area contributed by atoms with Gasteiger partial charge in [-0.1, -0.05) is 26.7 Å². The number of nitrogens with one attached hydrogen (secondary N) is 1. The maximum absolute atomic E-state index is 12.7. The summed E-state index contributed by atoms with van der Waals surface area (Å²) in [6.07, 6.45) is 3.84. The zero-order valence-corrected chi connectivity index (χ0v) is 14.3. The molecule has 0 unspecified atom stereocenters. The highest BCUT2D eigenvalue weighted by atomic mass is 32.2. The maximum Gasteiger partial charge on any atom is 0.252 e. The van der Waals surface area contributed by atoms with Gasteiger partial charge in [-0.3, -0.25) is 0 Å². The van der Waals surface area contributed by atoms with Crippen molar-refractivity contribution in [1.29, 1.82) is 0 Å². The van der Waals surface area contributed by atoms with E-state index >= 15 is 0 Å². The van der Waals surface area contributed by atoms with Gasteiger partial charge < -0.3 is 5.32 Å². The summed E-state index contributed by atoms with van der Waals surface area (Å²) in [4.78, 5) is 1.05. The number of rotatable bonds is 10. The first-order valence-corrected chi connectivity index (χ1v) is 9.55. The van der Waals surface area contributed by atoms with Gasteiger partial charge >= 0.3 is 0 Å². The monoisotopic (exact) mass is 318 g/mol. The van der Waals surface area contributed by atoms with Crippen LogP contribution >= 0.6 is 11.3 Å². The fourth-order valence-electron chi connectivity index (χ4n) is 1.91. The molecule has 0 aliphatic heterocycles. The largest absolute Gasteiger partial charge is 0.315 e. The zero-order chi connectivity index (χ0) is 15.0. The fourth-order valence-corrected chi connectivity index (χ4v) is 4.95. The Bertz CT molecular complexity index is 475. The summed E-state index contributed by atoms with van der Waals surface area (Å²) in [6.45, 7) is 6.13. The van der Waals surface area contributed by atoms with Crippen LogP contribution in [-0.4, -0.2) is 32.9 Å². The Kier molecular flexibility index (Phi) is 7.72. The van der Waals surface area contributed by atoms with Crippen LogP contribution in [0.25, 0.3) is 0 Å². The third kappa shape index (κ3) is 4.84. The molecule has 1 aromatic heterocycles. The second-order valence-corrected chi connectivity index (χ2v) is 8.20. The van der Waals surface area contributed by atoms with Gasteiger partial charge in [-0.15, -0.1) is 11.3 Å². The Morgan fingerprint density at radius 2 is 1.75 bits per heavy atom. The average Bonchev–Trinajstić information content (AvgIpc) is 2.88. The molecule has 0 saturated heterocycles. The Balaban J connectivity index is 2.88. The predicted octanol–water partition coefficient (Wildman–Crippen LogP) is 3.06. The third-order valence-electron chi connectivity index (χ3n) is 3.10. The molecule has 1 rings (SSSR count). The lowest BCUT2D eigenvalue weighted by Crippen LogP contribution is -2.32. The number of hydrogen-bond donors (Lipinski definition) is 1. The van der Waals surface area contributed by atoms with Crippen LogP contribution in [0.3, 0.4) is 0 Å². The van der Waals surface area contributed by atoms with Crippen molar-refractivity contribution in [3.63, 3.8) is 0 Å². The van der Waals surface area contributed by atoms with Gasteiger partial charge in [0, 0.05) is 24.5 Å². The molecule has 4 nitrogen and oxygen atoms in total. The minimum atomic E-state index is -3.32. The van der Waals surface area contributed by atoms with E-state index in [0.29, 0.717) is 23.8 Å². The van der Waals surface area contributed by atoms with Gasteiger partial charge in [-0.05, 0) is 32.0 Å². The van der Waals surface area contributed by atoms with Gasteiger partial charge in [0.25, 0.3) is 10.0 Å². The van der Waals surface area contributed by atoms with Crippen LogP contribution in [0.1, 0.15) is 44.4 Å². The second kappa shape index (κ2) is 8.77. The van der Waals surface area contributed by atoms with E-state index in [0.717, 1.165) is 30.6 Å². The first-order chi connectivity index (χ1) is 9.56. The molecule has 0 bridgehead atoms. The van der Waals surface area contributed by atoms with Gasteiger partial charge in [0.15, 0.2) is 0 Å². The van der Waals surface area contributed by atoms with E-state index in [9.17, 15) is 8.42 Å². The third-order valence-corrected chi connectivity index (χ3v) is 6.56. The first kappa shape index (κ1) is 17.6. The highest BCUT2D eigenvalue weighted by molar-refractivity contribution is 7.91. The molecule has 0 fully saturated rings. The molecule has 1 aromatic rings. The molecule has 0 aliphatic carbocycles. The van der Waals surface area contributed by atoms with Gasteiger partial charge in [-0.25, -0.2) is 8.42 Å². The Hall–Kier alpha value is -0.430. The first-order valence-electron chi connectivity index (χ1n) is 7.29. The van der Waals surface area contributed by atoms with Gasteiger partial charge in [0.1, 0.15) is 4.21 Å². The molecule has 0 aliphatic rings. The number of thiophene rings is 1. The molecule has 116 valence electrons. The van der Waals surface area contributed by atoms with E-state index in [-0.39, 0.29) is 0 Å². The maximum atomic E-state index is 12.7. The number of sulfonamides is 1. The molecular formula is C14H26N2O2S2. The van der Waals surface area contributed by atoms with E-state index < -0.39 is 10.0 Å². The predicted molar refractivity (Wildman–Crippen MR) is 85.7 cm³/mol. The van der Waals surface area contributed by atoms with Crippen molar-refractivity contribution < 1.29 is 8.42 Å². The van der Waals surface area contributed by atoms with E-state index in [4.69, 9.17) is 0 Å². The van der Waals surface area contributed by atoms with Crippen molar-refractivity contribution in [3.05, 3.63) is 17.0 Å². The number of hydrogen-bond acceptors (Lipinski definition) is 4. The van der Waals surface area contributed by atoms with E-state index in [1.165, 1.54) is 11.3 Å². The molecule has 20 heavy (non-hydrogen) atoms. The molecule has 0 saturated carbocycles. The van der Waals surface area contributed by atoms with Crippen molar-refractivity contribution in [2.24, 2.45) is 0 Å². The van der Waals surface area contributed by atoms with Crippen LogP contribution in [0.5, 0.6) is 0 Å². The molecule has 0 amide bonds. The summed E-state index contributed by atoms with van der Waals surface area (Å²) in [6, 6.07) is 3.63. The Morgan fingerprint density at radius 1 is 1.15 bits per heavy atom. The zero-order valence-electron chi connectivity index (χ0n) is 12.7. The standard InChI is InChI=1S/C14H26N2O2S2/c1-4-6-10-16(11-7-5-2)20(17,18)14-9-8-13(19-14)12-15-3/h8-9,15H,4-7,10-12H2,1-3H3. The van der Waals surface area contributed by atoms with Crippen LogP contribution in [0, 0.1) is 0 Å². The van der Waals surface area contributed by atoms with Crippen molar-refractivity contribution in [2.75, 3.05) is 20.1 Å². The minimum Gasteiger partial charge on any atom is -0.315 e. The highest BCUT2D eigenvalue weighted by Crippen LogP contribution is 2.25. The molecule has 0 aromatic carbocycles. The molecule has 0 spiro atoms. The Morgan fingerprint density at radius 3 is 2.25 bits per heavy atom. The lowest BCUT2D eigenvalue weighted by molar-refractivity contribution is 0.396. The molecule has 0 atom stereocenters. The molecular weight excluding hydrogens is 292 g/mol. The Labute approximate surface area is 127 Å². The molecule has 1 N–H and O–H groups in total. The van der Waals surface area contributed by atoms with Crippen molar-refractivity contribution in [2.45, 2.75) is 50.3 Å². The smallest absolute Gasteiger partial charge is 0.252 e. The summed E-state index contributed by atoms with van der Waals surface area (Å²) in [7, 11) is -1.46. The summed E-state index contributed by atoms with van der Waals surface area (Å²) < 4.78 is 27.5. The van der Waals surface area contributed by atoms with Crippen LogP contribution in [0.2, 0.25) is 0 Å². The lowest BCUT2D eigenvalue weighted by atomic mass is 10.3. The number of nitrogens with zero attached hydrogens (tertiary/aromatic N) is 1.